The number of aryl methyl sites for hydroxylation is 1. The van der Waals surface area contributed by atoms with E-state index in [1.54, 1.807) is 26.1 Å². The molecule has 0 unspecified atom stereocenters. The van der Waals surface area contributed by atoms with Gasteiger partial charge in [-0.25, -0.2) is 9.59 Å². The van der Waals surface area contributed by atoms with Crippen LogP contribution in [0, 0.1) is 3.57 Å². The molecule has 11 nitrogen and oxygen atoms in total. The summed E-state index contributed by atoms with van der Waals surface area (Å²) in [4.78, 5) is 51.4. The smallest absolute Gasteiger partial charge is 0.343 e. The first-order valence-corrected chi connectivity index (χ1v) is 15.4. The van der Waals surface area contributed by atoms with Crippen molar-refractivity contribution in [2.24, 2.45) is 0 Å². The Balaban J connectivity index is 0.000000266. The van der Waals surface area contributed by atoms with E-state index in [1.807, 2.05) is 41.8 Å². The predicted molar refractivity (Wildman–Crippen MR) is 176 cm³/mol. The molecule has 0 atom stereocenters. The van der Waals surface area contributed by atoms with Crippen molar-refractivity contribution in [1.29, 1.82) is 0 Å². The quantitative estimate of drug-likeness (QED) is 0.119. The lowest BCUT2D eigenvalue weighted by Crippen LogP contribution is -2.21. The molecule has 2 heterocycles. The number of aromatic amines is 1. The van der Waals surface area contributed by atoms with Gasteiger partial charge in [0, 0.05) is 38.8 Å². The summed E-state index contributed by atoms with van der Waals surface area (Å²) in [6.07, 6.45) is 3.61. The van der Waals surface area contributed by atoms with Gasteiger partial charge in [0.25, 0.3) is 0 Å². The van der Waals surface area contributed by atoms with E-state index in [4.69, 9.17) is 24.1 Å². The molecule has 4 rings (SSSR count). The van der Waals surface area contributed by atoms with Gasteiger partial charge in [-0.3, -0.25) is 9.59 Å². The number of ether oxygens (including phenoxy) is 4. The van der Waals surface area contributed by atoms with E-state index in [9.17, 15) is 19.2 Å². The van der Waals surface area contributed by atoms with Crippen LogP contribution in [0.4, 0.5) is 0 Å². The number of aromatic nitrogens is 2. The number of carbonyl (C=O) groups excluding carboxylic acids is 2. The van der Waals surface area contributed by atoms with Crippen LogP contribution in [0.15, 0.2) is 58.4 Å². The lowest BCUT2D eigenvalue weighted by Gasteiger charge is -2.12. The molecule has 2 aromatic carbocycles. The number of H-pyrrole nitrogens is 1. The lowest BCUT2D eigenvalue weighted by atomic mass is 10.1. The van der Waals surface area contributed by atoms with E-state index in [2.05, 4.69) is 27.6 Å². The van der Waals surface area contributed by atoms with Gasteiger partial charge in [0.05, 0.1) is 51.8 Å². The van der Waals surface area contributed by atoms with Gasteiger partial charge in [-0.2, -0.15) is 0 Å². The van der Waals surface area contributed by atoms with E-state index in [-0.39, 0.29) is 41.8 Å². The second-order valence-electron chi connectivity index (χ2n) is 9.37. The van der Waals surface area contributed by atoms with E-state index in [0.717, 1.165) is 14.7 Å². The molecule has 0 aliphatic rings. The first-order valence-electron chi connectivity index (χ1n) is 14.3. The summed E-state index contributed by atoms with van der Waals surface area (Å²) < 4.78 is 23.3. The summed E-state index contributed by atoms with van der Waals surface area (Å²) in [5.74, 6) is -1.18. The number of nitrogens with one attached hydrogen (secondary N) is 1. The first kappa shape index (κ1) is 34.9. The summed E-state index contributed by atoms with van der Waals surface area (Å²) in [6, 6.07) is 11.1. The van der Waals surface area contributed by atoms with Crippen molar-refractivity contribution in [3.8, 4) is 0 Å². The predicted octanol–water partition coefficient (Wildman–Crippen LogP) is 4.08. The normalized spacial score (nSPS) is 10.8. The summed E-state index contributed by atoms with van der Waals surface area (Å²) in [7, 11) is 0. The van der Waals surface area contributed by atoms with Crippen LogP contribution in [-0.2, 0) is 31.9 Å². The molecule has 44 heavy (non-hydrogen) atoms. The number of hydrogen-bond donors (Lipinski definition) is 2. The molecule has 0 saturated carbocycles. The second-order valence-corrected chi connectivity index (χ2v) is 10.6. The highest BCUT2D eigenvalue weighted by Gasteiger charge is 2.17. The van der Waals surface area contributed by atoms with E-state index in [0.29, 0.717) is 55.7 Å². The molecule has 0 saturated heterocycles. The Labute approximate surface area is 268 Å². The SMILES string of the molecule is CCOC(=O)c1c[nH]c2ccc(I)cc2c1=O.CCOC(=O)c1cn(CC)c2ccc(CCOCCOCCO)cc2c1=O. The molecule has 2 aromatic heterocycles. The number of aliphatic hydroxyl groups is 1. The molecular formula is C32H37IN2O9. The number of hydrogen-bond acceptors (Lipinski definition) is 9. The van der Waals surface area contributed by atoms with Crippen molar-refractivity contribution in [1.82, 2.24) is 9.55 Å². The molecule has 4 aromatic rings. The van der Waals surface area contributed by atoms with Gasteiger partial charge in [-0.05, 0) is 85.7 Å². The number of pyridine rings is 2. The third kappa shape index (κ3) is 9.21. The standard InChI is InChI=1S/C20H27NO6.C12H10INO3/c1-3-21-14-17(20(24)27-4-2)19(23)16-13-15(5-6-18(16)21)7-9-25-11-12-26-10-8-22;1-2-17-12(16)9-6-14-10-4-3-7(13)5-8(10)11(9)15/h5-6,13-14,22H,3-4,7-12H2,1-2H3;3-6H,2H2,1H3,(H,14,15). The number of nitrogens with zero attached hydrogens (tertiary/aromatic N) is 1. The molecule has 236 valence electrons. The fraction of sp³-hybridized carbons (Fsp3) is 0.375. The minimum absolute atomic E-state index is 0.000164. The zero-order valence-corrected chi connectivity index (χ0v) is 27.2. The second kappa shape index (κ2) is 17.6. The van der Waals surface area contributed by atoms with E-state index in [1.165, 1.54) is 6.20 Å². The van der Waals surface area contributed by atoms with Crippen molar-refractivity contribution < 1.29 is 33.6 Å². The number of carbonyl (C=O) groups is 2. The van der Waals surface area contributed by atoms with Crippen molar-refractivity contribution in [3.63, 3.8) is 0 Å². The van der Waals surface area contributed by atoms with Gasteiger partial charge < -0.3 is 33.6 Å². The minimum atomic E-state index is -0.594. The Kier molecular flexibility index (Phi) is 14.0. The monoisotopic (exact) mass is 720 g/mol. The summed E-state index contributed by atoms with van der Waals surface area (Å²) in [5, 5.41) is 9.63. The molecule has 0 bridgehead atoms. The maximum Gasteiger partial charge on any atom is 0.343 e. The summed E-state index contributed by atoms with van der Waals surface area (Å²) in [5.41, 5.74) is 1.95. The first-order chi connectivity index (χ1) is 21.2. The highest BCUT2D eigenvalue weighted by molar-refractivity contribution is 14.1. The molecule has 0 aliphatic heterocycles. The van der Waals surface area contributed by atoms with Crippen LogP contribution >= 0.6 is 22.6 Å². The summed E-state index contributed by atoms with van der Waals surface area (Å²) >= 11 is 2.12. The fourth-order valence-corrected chi connectivity index (χ4v) is 4.83. The van der Waals surface area contributed by atoms with E-state index < -0.39 is 11.9 Å². The fourth-order valence-electron chi connectivity index (χ4n) is 4.34. The molecule has 0 fully saturated rings. The number of fused-ring (bicyclic) bond motifs is 2. The number of rotatable bonds is 13. The Morgan fingerprint density at radius 1 is 0.841 bits per heavy atom. The van der Waals surface area contributed by atoms with Crippen molar-refractivity contribution >= 4 is 56.3 Å². The van der Waals surface area contributed by atoms with Crippen LogP contribution in [0.1, 0.15) is 47.1 Å². The maximum atomic E-state index is 12.8. The van der Waals surface area contributed by atoms with Gasteiger partial charge in [-0.15, -0.1) is 0 Å². The topological polar surface area (TPSA) is 146 Å². The molecule has 0 amide bonds. The average Bonchev–Trinajstić information content (AvgIpc) is 3.02. The maximum absolute atomic E-state index is 12.8. The van der Waals surface area contributed by atoms with Crippen LogP contribution in [0.3, 0.4) is 0 Å². The molecule has 0 aliphatic carbocycles. The van der Waals surface area contributed by atoms with Crippen LogP contribution < -0.4 is 10.9 Å². The molecule has 2 N–H and O–H groups in total. The van der Waals surface area contributed by atoms with Crippen molar-refractivity contribution in [2.45, 2.75) is 33.7 Å². The third-order valence-corrected chi connectivity index (χ3v) is 7.13. The largest absolute Gasteiger partial charge is 0.462 e. The minimum Gasteiger partial charge on any atom is -0.462 e. The Morgan fingerprint density at radius 2 is 1.50 bits per heavy atom. The lowest BCUT2D eigenvalue weighted by molar-refractivity contribution is 0.0340. The third-order valence-electron chi connectivity index (χ3n) is 6.46. The Bertz CT molecular complexity index is 1700. The molecule has 12 heteroatoms. The summed E-state index contributed by atoms with van der Waals surface area (Å²) in [6.45, 7) is 8.17. The molecule has 0 spiro atoms. The highest BCUT2D eigenvalue weighted by atomic mass is 127. The van der Waals surface area contributed by atoms with Crippen LogP contribution in [0.25, 0.3) is 21.8 Å². The van der Waals surface area contributed by atoms with Gasteiger partial charge in [0.15, 0.2) is 0 Å². The number of benzene rings is 2. The zero-order valence-electron chi connectivity index (χ0n) is 25.0. The van der Waals surface area contributed by atoms with E-state index >= 15 is 0 Å². The van der Waals surface area contributed by atoms with Gasteiger partial charge >= 0.3 is 11.9 Å². The number of aliphatic hydroxyl groups excluding tert-OH is 1. The number of halogens is 1. The Morgan fingerprint density at radius 3 is 2.16 bits per heavy atom. The van der Waals surface area contributed by atoms with Gasteiger partial charge in [-0.1, -0.05) is 6.07 Å². The molecular weight excluding hydrogens is 683 g/mol. The van der Waals surface area contributed by atoms with Crippen LogP contribution in [0.5, 0.6) is 0 Å². The van der Waals surface area contributed by atoms with Gasteiger partial charge in [0.2, 0.25) is 10.9 Å². The highest BCUT2D eigenvalue weighted by Crippen LogP contribution is 2.16. The van der Waals surface area contributed by atoms with Crippen molar-refractivity contribution in [2.75, 3.05) is 46.2 Å². The number of esters is 2. The zero-order chi connectivity index (χ0) is 32.1. The van der Waals surface area contributed by atoms with Crippen molar-refractivity contribution in [3.05, 3.63) is 89.5 Å². The van der Waals surface area contributed by atoms with Crippen LogP contribution in [-0.4, -0.2) is 72.8 Å². The average molecular weight is 721 g/mol. The van der Waals surface area contributed by atoms with Gasteiger partial charge in [0.1, 0.15) is 11.1 Å². The molecule has 0 radical (unpaired) electrons. The Hall–Kier alpha value is -3.59. The van der Waals surface area contributed by atoms with Crippen LogP contribution in [0.2, 0.25) is 0 Å².